The Morgan fingerprint density at radius 1 is 1.14 bits per heavy atom. The number of anilines is 2. The van der Waals surface area contributed by atoms with Gasteiger partial charge in [-0.2, -0.15) is 0 Å². The fraction of sp³-hybridized carbons (Fsp3) is 0.350. The molecule has 1 aromatic carbocycles. The van der Waals surface area contributed by atoms with Crippen molar-refractivity contribution in [2.45, 2.75) is 20.4 Å². The Morgan fingerprint density at radius 2 is 1.83 bits per heavy atom. The van der Waals surface area contributed by atoms with Gasteiger partial charge in [-0.25, -0.2) is 15.0 Å². The first-order chi connectivity index (χ1) is 14.0. The molecule has 3 heterocycles. The molecule has 1 N–H and O–H groups in total. The van der Waals surface area contributed by atoms with Crippen LogP contribution >= 0.6 is 0 Å². The number of para-hydroxylation sites is 1. The third kappa shape index (κ3) is 3.95. The molecule has 0 bridgehead atoms. The summed E-state index contributed by atoms with van der Waals surface area (Å²) in [6.45, 7) is 6.30. The van der Waals surface area contributed by atoms with Crippen LogP contribution in [0.5, 0.6) is 0 Å². The molecule has 1 aliphatic rings. The van der Waals surface area contributed by atoms with Crippen molar-refractivity contribution in [1.82, 2.24) is 19.5 Å². The summed E-state index contributed by atoms with van der Waals surface area (Å²) in [5.74, 6) is 0.300. The zero-order valence-electron chi connectivity index (χ0n) is 16.4. The number of hydrogen-bond donors (Lipinski definition) is 1. The van der Waals surface area contributed by atoms with Crippen LogP contribution in [0.3, 0.4) is 0 Å². The number of nitrogens with zero attached hydrogens (tertiary/aromatic N) is 5. The number of aromatic nitrogens is 4. The molecule has 0 aliphatic carbocycles. The first-order valence-electron chi connectivity index (χ1n) is 9.45. The fourth-order valence-corrected chi connectivity index (χ4v) is 3.34. The highest BCUT2D eigenvalue weighted by molar-refractivity contribution is 5.92. The van der Waals surface area contributed by atoms with Crippen molar-refractivity contribution < 1.29 is 9.53 Å². The second-order valence-electron chi connectivity index (χ2n) is 6.91. The summed E-state index contributed by atoms with van der Waals surface area (Å²) in [4.78, 5) is 40.5. The first kappa shape index (κ1) is 19.0. The fourth-order valence-electron chi connectivity index (χ4n) is 3.34. The van der Waals surface area contributed by atoms with E-state index in [0.29, 0.717) is 47.1 Å². The number of hydrogen-bond acceptors (Lipinski definition) is 7. The number of nitrogens with one attached hydrogen (secondary N) is 1. The van der Waals surface area contributed by atoms with Gasteiger partial charge in [0.1, 0.15) is 6.54 Å². The lowest BCUT2D eigenvalue weighted by molar-refractivity contribution is -0.116. The van der Waals surface area contributed by atoms with Gasteiger partial charge in [-0.3, -0.25) is 14.2 Å². The van der Waals surface area contributed by atoms with Crippen molar-refractivity contribution in [3.8, 4) is 0 Å². The molecule has 4 rings (SSSR count). The average molecular weight is 394 g/mol. The van der Waals surface area contributed by atoms with Gasteiger partial charge in [0.05, 0.1) is 47.5 Å². The number of carbonyl (C=O) groups is 1. The van der Waals surface area contributed by atoms with Gasteiger partial charge < -0.3 is 15.0 Å². The van der Waals surface area contributed by atoms with Gasteiger partial charge in [0, 0.05) is 13.1 Å². The third-order valence-electron chi connectivity index (χ3n) is 4.86. The normalized spacial score (nSPS) is 14.2. The van der Waals surface area contributed by atoms with Crippen LogP contribution in [-0.2, 0) is 16.1 Å². The van der Waals surface area contributed by atoms with E-state index in [1.807, 2.05) is 19.9 Å². The van der Waals surface area contributed by atoms with E-state index in [1.54, 1.807) is 18.2 Å². The zero-order chi connectivity index (χ0) is 20.4. The highest BCUT2D eigenvalue weighted by Gasteiger charge is 2.18. The van der Waals surface area contributed by atoms with Crippen LogP contribution in [0.1, 0.15) is 11.4 Å². The molecule has 0 atom stereocenters. The topological polar surface area (TPSA) is 102 Å². The smallest absolute Gasteiger partial charge is 0.261 e. The van der Waals surface area contributed by atoms with Crippen LogP contribution in [0.2, 0.25) is 0 Å². The highest BCUT2D eigenvalue weighted by Crippen LogP contribution is 2.21. The summed E-state index contributed by atoms with van der Waals surface area (Å²) in [6.07, 6.45) is 1.39. The van der Waals surface area contributed by atoms with Crippen molar-refractivity contribution in [3.63, 3.8) is 0 Å². The minimum atomic E-state index is -0.335. The van der Waals surface area contributed by atoms with E-state index in [2.05, 4.69) is 25.2 Å². The molecular formula is C20H22N6O3. The Bertz CT molecular complexity index is 1100. The maximum absolute atomic E-state index is 12.6. The summed E-state index contributed by atoms with van der Waals surface area (Å²) in [5, 5.41) is 3.32. The Labute approximate surface area is 167 Å². The van der Waals surface area contributed by atoms with E-state index < -0.39 is 0 Å². The molecule has 3 aromatic rings. The number of fused-ring (bicyclic) bond motifs is 1. The minimum absolute atomic E-state index is 0.138. The lowest BCUT2D eigenvalue weighted by Crippen LogP contribution is -2.37. The quantitative estimate of drug-likeness (QED) is 0.711. The Morgan fingerprint density at radius 3 is 2.55 bits per heavy atom. The second-order valence-corrected chi connectivity index (χ2v) is 6.91. The van der Waals surface area contributed by atoms with Gasteiger partial charge in [-0.15, -0.1) is 0 Å². The van der Waals surface area contributed by atoms with Gasteiger partial charge >= 0.3 is 0 Å². The van der Waals surface area contributed by atoms with E-state index in [9.17, 15) is 9.59 Å². The van der Waals surface area contributed by atoms with E-state index in [4.69, 9.17) is 4.74 Å². The molecule has 29 heavy (non-hydrogen) atoms. The summed E-state index contributed by atoms with van der Waals surface area (Å²) in [7, 11) is 0. The van der Waals surface area contributed by atoms with Crippen LogP contribution in [-0.4, -0.2) is 51.7 Å². The monoisotopic (exact) mass is 394 g/mol. The minimum Gasteiger partial charge on any atom is -0.378 e. The number of ether oxygens (including phenoxy) is 1. The molecule has 1 fully saturated rings. The van der Waals surface area contributed by atoms with E-state index >= 15 is 0 Å². The number of aryl methyl sites for hydroxylation is 2. The molecule has 1 aliphatic heterocycles. The number of morpholine rings is 1. The second kappa shape index (κ2) is 7.96. The largest absolute Gasteiger partial charge is 0.378 e. The van der Waals surface area contributed by atoms with Crippen molar-refractivity contribution >= 4 is 28.4 Å². The molecule has 150 valence electrons. The SMILES string of the molecule is Cc1nc(N2CCOCC2)nc(C)c1NC(=O)Cn1cnc2ccccc2c1=O. The average Bonchev–Trinajstić information content (AvgIpc) is 2.73. The summed E-state index contributed by atoms with van der Waals surface area (Å²) in [6, 6.07) is 7.06. The van der Waals surface area contributed by atoms with Crippen molar-refractivity contribution in [3.05, 3.63) is 52.3 Å². The van der Waals surface area contributed by atoms with Gasteiger partial charge in [0.15, 0.2) is 0 Å². The summed E-state index contributed by atoms with van der Waals surface area (Å²) in [5.41, 5.74) is 2.27. The number of rotatable bonds is 4. The van der Waals surface area contributed by atoms with Crippen molar-refractivity contribution in [2.24, 2.45) is 0 Å². The zero-order valence-corrected chi connectivity index (χ0v) is 16.4. The molecule has 0 radical (unpaired) electrons. The molecular weight excluding hydrogens is 372 g/mol. The first-order valence-corrected chi connectivity index (χ1v) is 9.45. The predicted octanol–water partition coefficient (Wildman–Crippen LogP) is 1.28. The summed E-state index contributed by atoms with van der Waals surface area (Å²) < 4.78 is 6.66. The number of carbonyl (C=O) groups excluding carboxylic acids is 1. The highest BCUT2D eigenvalue weighted by atomic mass is 16.5. The number of amides is 1. The molecule has 0 saturated carbocycles. The van der Waals surface area contributed by atoms with E-state index in [1.165, 1.54) is 10.9 Å². The van der Waals surface area contributed by atoms with E-state index in [0.717, 1.165) is 13.1 Å². The van der Waals surface area contributed by atoms with Crippen LogP contribution < -0.4 is 15.8 Å². The molecule has 9 heteroatoms. The van der Waals surface area contributed by atoms with Crippen LogP contribution in [0, 0.1) is 13.8 Å². The van der Waals surface area contributed by atoms with Gasteiger partial charge in [0.25, 0.3) is 5.56 Å². The van der Waals surface area contributed by atoms with Gasteiger partial charge in [0.2, 0.25) is 11.9 Å². The standard InChI is InChI=1S/C20H22N6O3/c1-13-18(14(2)23-20(22-13)25-7-9-29-10-8-25)24-17(27)11-26-12-21-16-6-4-3-5-15(16)19(26)28/h3-6,12H,7-11H2,1-2H3,(H,24,27). The maximum Gasteiger partial charge on any atom is 0.261 e. The predicted molar refractivity (Wildman–Crippen MR) is 109 cm³/mol. The Hall–Kier alpha value is -3.33. The molecule has 2 aromatic heterocycles. The van der Waals surface area contributed by atoms with Gasteiger partial charge in [-0.05, 0) is 26.0 Å². The van der Waals surface area contributed by atoms with Crippen LogP contribution in [0.15, 0.2) is 35.4 Å². The van der Waals surface area contributed by atoms with Crippen LogP contribution in [0.25, 0.3) is 10.9 Å². The lowest BCUT2D eigenvalue weighted by Gasteiger charge is -2.27. The molecule has 9 nitrogen and oxygen atoms in total. The maximum atomic E-state index is 12.6. The van der Waals surface area contributed by atoms with E-state index in [-0.39, 0.29) is 18.0 Å². The molecule has 1 saturated heterocycles. The van der Waals surface area contributed by atoms with Crippen molar-refractivity contribution in [1.29, 1.82) is 0 Å². The Kier molecular flexibility index (Phi) is 5.22. The lowest BCUT2D eigenvalue weighted by atomic mass is 10.2. The molecule has 1 amide bonds. The number of benzene rings is 1. The van der Waals surface area contributed by atoms with Gasteiger partial charge in [-0.1, -0.05) is 12.1 Å². The molecule has 0 spiro atoms. The van der Waals surface area contributed by atoms with Crippen LogP contribution in [0.4, 0.5) is 11.6 Å². The third-order valence-corrected chi connectivity index (χ3v) is 4.86. The van der Waals surface area contributed by atoms with Crippen molar-refractivity contribution in [2.75, 3.05) is 36.5 Å². The summed E-state index contributed by atoms with van der Waals surface area (Å²) >= 11 is 0. The Balaban J connectivity index is 1.52. The molecule has 0 unspecified atom stereocenters.